The molecule has 7 nitrogen and oxygen atoms in total. The standard InChI is InChI=1S/C28H29ClN4O3/c1-16-13-21(27-22(14-16)25(35)17(2)26(36-27)19-5-4-10-30-15-19)18(3)31-23-6-7-24(29)32-28(23)33-11-8-20(34)9-12-33/h4-7,10,13-15,18,20,31,34H,8-9,11-12H2,1-3H3/t18-/m1/s1. The summed E-state index contributed by atoms with van der Waals surface area (Å²) in [5, 5.41) is 14.5. The minimum absolute atomic E-state index is 0.0482. The van der Waals surface area contributed by atoms with Crippen molar-refractivity contribution in [3.05, 3.63) is 80.9 Å². The molecular formula is C28H29ClN4O3. The molecule has 5 rings (SSSR count). The second kappa shape index (κ2) is 9.91. The van der Waals surface area contributed by atoms with Crippen molar-refractivity contribution >= 4 is 34.1 Å². The third-order valence-corrected chi connectivity index (χ3v) is 6.97. The number of rotatable bonds is 5. The Hall–Kier alpha value is -3.42. The predicted octanol–water partition coefficient (Wildman–Crippen LogP) is 5.65. The van der Waals surface area contributed by atoms with Gasteiger partial charge in [-0.05, 0) is 69.5 Å². The SMILES string of the molecule is Cc1cc([C@@H](C)Nc2ccc(Cl)nc2N2CCC(O)CC2)c2oc(-c3cccnc3)c(C)c(=O)c2c1. The first-order valence-corrected chi connectivity index (χ1v) is 12.5. The van der Waals surface area contributed by atoms with E-state index in [1.807, 2.05) is 44.2 Å². The van der Waals surface area contributed by atoms with Gasteiger partial charge in [0, 0.05) is 42.2 Å². The molecule has 0 bridgehead atoms. The van der Waals surface area contributed by atoms with Gasteiger partial charge in [0.25, 0.3) is 0 Å². The Morgan fingerprint density at radius 1 is 1.19 bits per heavy atom. The van der Waals surface area contributed by atoms with Crippen LogP contribution in [-0.2, 0) is 0 Å². The Morgan fingerprint density at radius 3 is 2.69 bits per heavy atom. The summed E-state index contributed by atoms with van der Waals surface area (Å²) < 4.78 is 6.43. The van der Waals surface area contributed by atoms with Crippen LogP contribution < -0.4 is 15.6 Å². The zero-order valence-corrected chi connectivity index (χ0v) is 21.3. The quantitative estimate of drug-likeness (QED) is 0.339. The lowest BCUT2D eigenvalue weighted by Gasteiger charge is -2.32. The van der Waals surface area contributed by atoms with Gasteiger partial charge in [-0.3, -0.25) is 9.78 Å². The number of piperidine rings is 1. The summed E-state index contributed by atoms with van der Waals surface area (Å²) in [6.07, 6.45) is 4.49. The molecular weight excluding hydrogens is 476 g/mol. The fourth-order valence-corrected chi connectivity index (χ4v) is 4.97. The maximum Gasteiger partial charge on any atom is 0.196 e. The summed E-state index contributed by atoms with van der Waals surface area (Å²) in [5.41, 5.74) is 4.52. The Balaban J connectivity index is 1.58. The van der Waals surface area contributed by atoms with E-state index in [4.69, 9.17) is 16.0 Å². The van der Waals surface area contributed by atoms with E-state index in [1.54, 1.807) is 25.4 Å². The smallest absolute Gasteiger partial charge is 0.196 e. The molecule has 1 fully saturated rings. The number of anilines is 2. The van der Waals surface area contributed by atoms with Crippen LogP contribution >= 0.6 is 11.6 Å². The third kappa shape index (κ3) is 4.68. The van der Waals surface area contributed by atoms with Gasteiger partial charge in [-0.2, -0.15) is 0 Å². The summed E-state index contributed by atoms with van der Waals surface area (Å²) in [4.78, 5) is 24.3. The van der Waals surface area contributed by atoms with Crippen LogP contribution in [0.4, 0.5) is 11.5 Å². The summed E-state index contributed by atoms with van der Waals surface area (Å²) in [6, 6.07) is 11.1. The highest BCUT2D eigenvalue weighted by atomic mass is 35.5. The molecule has 0 aliphatic carbocycles. The summed E-state index contributed by atoms with van der Waals surface area (Å²) >= 11 is 6.26. The fourth-order valence-electron chi connectivity index (χ4n) is 4.83. The fraction of sp³-hybridized carbons (Fsp3) is 0.321. The Kier molecular flexibility index (Phi) is 6.69. The number of pyridine rings is 2. The normalized spacial score (nSPS) is 15.3. The van der Waals surface area contributed by atoms with E-state index in [2.05, 4.69) is 20.2 Å². The molecule has 0 amide bonds. The van der Waals surface area contributed by atoms with E-state index >= 15 is 0 Å². The van der Waals surface area contributed by atoms with Crippen molar-refractivity contribution in [2.24, 2.45) is 0 Å². The molecule has 0 spiro atoms. The molecule has 0 radical (unpaired) electrons. The molecule has 36 heavy (non-hydrogen) atoms. The molecule has 2 N–H and O–H groups in total. The minimum Gasteiger partial charge on any atom is -0.455 e. The van der Waals surface area contributed by atoms with Crippen molar-refractivity contribution in [2.45, 2.75) is 45.8 Å². The number of fused-ring (bicyclic) bond motifs is 1. The Labute approximate surface area is 214 Å². The average molecular weight is 505 g/mol. The van der Waals surface area contributed by atoms with Crippen molar-refractivity contribution in [2.75, 3.05) is 23.3 Å². The number of benzene rings is 1. The highest BCUT2D eigenvalue weighted by molar-refractivity contribution is 6.29. The van der Waals surface area contributed by atoms with Gasteiger partial charge in [-0.1, -0.05) is 17.7 Å². The van der Waals surface area contributed by atoms with Gasteiger partial charge in [0.2, 0.25) is 0 Å². The molecule has 3 aromatic heterocycles. The number of halogens is 1. The van der Waals surface area contributed by atoms with Gasteiger partial charge >= 0.3 is 0 Å². The summed E-state index contributed by atoms with van der Waals surface area (Å²) in [6.45, 7) is 7.21. The van der Waals surface area contributed by atoms with Crippen molar-refractivity contribution in [3.63, 3.8) is 0 Å². The minimum atomic E-state index is -0.283. The van der Waals surface area contributed by atoms with Gasteiger partial charge in [-0.15, -0.1) is 0 Å². The average Bonchev–Trinajstić information content (AvgIpc) is 2.88. The largest absolute Gasteiger partial charge is 0.455 e. The first-order valence-electron chi connectivity index (χ1n) is 12.2. The third-order valence-electron chi connectivity index (χ3n) is 6.76. The first kappa shape index (κ1) is 24.3. The maximum atomic E-state index is 13.4. The molecule has 186 valence electrons. The highest BCUT2D eigenvalue weighted by Crippen LogP contribution is 2.35. The Bertz CT molecular complexity index is 1460. The number of aromatic nitrogens is 2. The molecule has 1 saturated heterocycles. The zero-order valence-electron chi connectivity index (χ0n) is 20.6. The lowest BCUT2D eigenvalue weighted by Crippen LogP contribution is -2.36. The van der Waals surface area contributed by atoms with Gasteiger partial charge in [0.1, 0.15) is 16.5 Å². The molecule has 1 aromatic carbocycles. The van der Waals surface area contributed by atoms with Crippen LogP contribution in [0.1, 0.15) is 42.5 Å². The van der Waals surface area contributed by atoms with Crippen LogP contribution in [0.3, 0.4) is 0 Å². The van der Waals surface area contributed by atoms with Crippen LogP contribution in [0, 0.1) is 13.8 Å². The van der Waals surface area contributed by atoms with E-state index in [0.717, 1.165) is 28.2 Å². The lowest BCUT2D eigenvalue weighted by atomic mass is 9.99. The van der Waals surface area contributed by atoms with E-state index in [1.165, 1.54) is 0 Å². The summed E-state index contributed by atoms with van der Waals surface area (Å²) in [7, 11) is 0. The van der Waals surface area contributed by atoms with E-state index in [9.17, 15) is 9.90 Å². The molecule has 1 aliphatic rings. The van der Waals surface area contributed by atoms with Crippen LogP contribution in [-0.4, -0.2) is 34.3 Å². The molecule has 4 heterocycles. The molecule has 1 aliphatic heterocycles. The van der Waals surface area contributed by atoms with Crippen molar-refractivity contribution in [1.82, 2.24) is 9.97 Å². The lowest BCUT2D eigenvalue weighted by molar-refractivity contribution is 0.145. The van der Waals surface area contributed by atoms with Gasteiger partial charge in [0.15, 0.2) is 11.2 Å². The van der Waals surface area contributed by atoms with E-state index in [0.29, 0.717) is 53.4 Å². The molecule has 8 heteroatoms. The number of aryl methyl sites for hydroxylation is 1. The monoisotopic (exact) mass is 504 g/mol. The van der Waals surface area contributed by atoms with Crippen molar-refractivity contribution < 1.29 is 9.52 Å². The van der Waals surface area contributed by atoms with Crippen molar-refractivity contribution in [1.29, 1.82) is 0 Å². The first-order chi connectivity index (χ1) is 17.3. The van der Waals surface area contributed by atoms with Crippen LogP contribution in [0.5, 0.6) is 0 Å². The molecule has 1 atom stereocenters. The van der Waals surface area contributed by atoms with Crippen molar-refractivity contribution in [3.8, 4) is 11.3 Å². The zero-order chi connectivity index (χ0) is 25.4. The summed E-state index contributed by atoms with van der Waals surface area (Å²) in [5.74, 6) is 1.28. The number of hydrogen-bond donors (Lipinski definition) is 2. The molecule has 0 unspecified atom stereocenters. The van der Waals surface area contributed by atoms with Gasteiger partial charge in [0.05, 0.1) is 23.2 Å². The predicted molar refractivity (Wildman–Crippen MR) is 144 cm³/mol. The number of nitrogens with zero attached hydrogens (tertiary/aromatic N) is 3. The Morgan fingerprint density at radius 2 is 1.97 bits per heavy atom. The van der Waals surface area contributed by atoms with Crippen LogP contribution in [0.25, 0.3) is 22.3 Å². The highest BCUT2D eigenvalue weighted by Gasteiger charge is 2.23. The number of aliphatic hydroxyl groups excluding tert-OH is 1. The van der Waals surface area contributed by atoms with E-state index in [-0.39, 0.29) is 17.6 Å². The molecule has 4 aromatic rings. The molecule has 0 saturated carbocycles. The van der Waals surface area contributed by atoms with Crippen LogP contribution in [0.15, 0.2) is 58.0 Å². The van der Waals surface area contributed by atoms with Crippen LogP contribution in [0.2, 0.25) is 5.15 Å². The van der Waals surface area contributed by atoms with Gasteiger partial charge in [-0.25, -0.2) is 4.98 Å². The maximum absolute atomic E-state index is 13.4. The number of nitrogens with one attached hydrogen (secondary N) is 1. The van der Waals surface area contributed by atoms with E-state index < -0.39 is 0 Å². The second-order valence-corrected chi connectivity index (χ2v) is 9.83. The number of hydrogen-bond acceptors (Lipinski definition) is 7. The topological polar surface area (TPSA) is 91.5 Å². The van der Waals surface area contributed by atoms with Gasteiger partial charge < -0.3 is 19.7 Å². The second-order valence-electron chi connectivity index (χ2n) is 9.45. The number of aliphatic hydroxyl groups is 1.